The molecule has 0 amide bonds. The minimum Gasteiger partial charge on any atom is -0.485 e. The molecule has 11 heteroatoms. The van der Waals surface area contributed by atoms with Crippen LogP contribution in [0.1, 0.15) is 11.1 Å². The Bertz CT molecular complexity index is 1070. The van der Waals surface area contributed by atoms with E-state index >= 15 is 0 Å². The standard InChI is InChI=1S/C21H14F8N2O/c1-12-8-13(17-6-3-14(9-30-17)20(24,25)26)2-5-16(12)18-7-4-15(10-31-18)32-11-19(22,23)21(27,28)29/h2-10H,11H2,1H3. The zero-order chi connectivity index (χ0) is 23.7. The van der Waals surface area contributed by atoms with Crippen molar-refractivity contribution in [2.75, 3.05) is 6.61 Å². The van der Waals surface area contributed by atoms with E-state index < -0.39 is 30.4 Å². The topological polar surface area (TPSA) is 35.0 Å². The van der Waals surface area contributed by atoms with Crippen molar-refractivity contribution in [1.82, 2.24) is 9.97 Å². The van der Waals surface area contributed by atoms with Gasteiger partial charge in [-0.1, -0.05) is 12.1 Å². The van der Waals surface area contributed by atoms with E-state index in [2.05, 4.69) is 14.7 Å². The third-order valence-corrected chi connectivity index (χ3v) is 4.46. The quantitative estimate of drug-likeness (QED) is 0.395. The van der Waals surface area contributed by atoms with Gasteiger partial charge in [0.25, 0.3) is 0 Å². The van der Waals surface area contributed by atoms with Crippen LogP contribution >= 0.6 is 0 Å². The van der Waals surface area contributed by atoms with Crippen molar-refractivity contribution in [3.8, 4) is 28.3 Å². The largest absolute Gasteiger partial charge is 0.485 e. The van der Waals surface area contributed by atoms with Crippen molar-refractivity contribution >= 4 is 0 Å². The smallest absolute Gasteiger partial charge is 0.456 e. The summed E-state index contributed by atoms with van der Waals surface area (Å²) in [6.45, 7) is -0.149. The van der Waals surface area contributed by atoms with E-state index in [1.54, 1.807) is 25.1 Å². The third kappa shape index (κ3) is 5.14. The summed E-state index contributed by atoms with van der Waals surface area (Å²) < 4.78 is 105. The van der Waals surface area contributed by atoms with Gasteiger partial charge in [-0.05, 0) is 42.8 Å². The first kappa shape index (κ1) is 23.4. The lowest BCUT2D eigenvalue weighted by atomic mass is 10.00. The summed E-state index contributed by atoms with van der Waals surface area (Å²) in [5.74, 6) is -5.26. The molecule has 3 aromatic rings. The SMILES string of the molecule is Cc1cc(-c2ccc(C(F)(F)F)cn2)ccc1-c1ccc(OCC(F)(F)C(F)(F)F)cn1. The molecule has 0 fully saturated rings. The molecule has 0 aliphatic heterocycles. The Labute approximate surface area is 176 Å². The van der Waals surface area contributed by atoms with Crippen LogP contribution in [0.5, 0.6) is 5.75 Å². The Morgan fingerprint density at radius 3 is 1.94 bits per heavy atom. The fourth-order valence-electron chi connectivity index (χ4n) is 2.72. The number of ether oxygens (including phenoxy) is 1. The summed E-state index contributed by atoms with van der Waals surface area (Å²) in [5.41, 5.74) is 1.73. The van der Waals surface area contributed by atoms with Crippen molar-refractivity contribution in [3.05, 3.63) is 66.0 Å². The van der Waals surface area contributed by atoms with Gasteiger partial charge in [-0.2, -0.15) is 35.1 Å². The normalized spacial score (nSPS) is 12.7. The molecule has 3 rings (SSSR count). The van der Waals surface area contributed by atoms with Crippen LogP contribution in [0.15, 0.2) is 54.9 Å². The van der Waals surface area contributed by atoms with Gasteiger partial charge < -0.3 is 4.74 Å². The highest BCUT2D eigenvalue weighted by Gasteiger charge is 2.58. The molecule has 170 valence electrons. The van der Waals surface area contributed by atoms with Gasteiger partial charge >= 0.3 is 18.3 Å². The van der Waals surface area contributed by atoms with Gasteiger partial charge in [0, 0.05) is 17.3 Å². The van der Waals surface area contributed by atoms with E-state index in [9.17, 15) is 35.1 Å². The molecule has 0 unspecified atom stereocenters. The predicted molar refractivity (Wildman–Crippen MR) is 99.1 cm³/mol. The zero-order valence-corrected chi connectivity index (χ0v) is 16.2. The molecular formula is C21H14F8N2O. The van der Waals surface area contributed by atoms with Crippen LogP contribution in [-0.4, -0.2) is 28.7 Å². The zero-order valence-electron chi connectivity index (χ0n) is 16.2. The van der Waals surface area contributed by atoms with Crippen molar-refractivity contribution in [2.45, 2.75) is 25.2 Å². The summed E-state index contributed by atoms with van der Waals surface area (Å²) in [6.07, 6.45) is -8.45. The monoisotopic (exact) mass is 462 g/mol. The second kappa shape index (κ2) is 8.36. The maximum Gasteiger partial charge on any atom is 0.456 e. The summed E-state index contributed by atoms with van der Waals surface area (Å²) >= 11 is 0. The number of hydrogen-bond donors (Lipinski definition) is 0. The molecule has 0 atom stereocenters. The average molecular weight is 462 g/mol. The third-order valence-electron chi connectivity index (χ3n) is 4.46. The Hall–Kier alpha value is -3.24. The summed E-state index contributed by atoms with van der Waals surface area (Å²) in [4.78, 5) is 7.86. The Morgan fingerprint density at radius 1 is 0.781 bits per heavy atom. The van der Waals surface area contributed by atoms with Crippen molar-refractivity contribution < 1.29 is 39.9 Å². The lowest BCUT2D eigenvalue weighted by Crippen LogP contribution is -2.41. The molecule has 0 spiro atoms. The second-order valence-corrected chi connectivity index (χ2v) is 6.83. The van der Waals surface area contributed by atoms with Crippen LogP contribution in [0, 0.1) is 6.92 Å². The van der Waals surface area contributed by atoms with Crippen LogP contribution in [0.25, 0.3) is 22.5 Å². The molecular weight excluding hydrogens is 448 g/mol. The highest BCUT2D eigenvalue weighted by molar-refractivity contribution is 5.70. The highest BCUT2D eigenvalue weighted by Crippen LogP contribution is 2.36. The Morgan fingerprint density at radius 2 is 1.44 bits per heavy atom. The van der Waals surface area contributed by atoms with Crippen molar-refractivity contribution in [2.24, 2.45) is 0 Å². The number of rotatable bonds is 5. The molecule has 0 radical (unpaired) electrons. The van der Waals surface area contributed by atoms with Crippen molar-refractivity contribution in [3.63, 3.8) is 0 Å². The van der Waals surface area contributed by atoms with Crippen LogP contribution in [-0.2, 0) is 6.18 Å². The lowest BCUT2D eigenvalue weighted by molar-refractivity contribution is -0.290. The van der Waals surface area contributed by atoms with Crippen LogP contribution in [0.3, 0.4) is 0 Å². The first-order valence-electron chi connectivity index (χ1n) is 8.96. The van der Waals surface area contributed by atoms with Crippen molar-refractivity contribution in [1.29, 1.82) is 0 Å². The average Bonchev–Trinajstić information content (AvgIpc) is 2.71. The van der Waals surface area contributed by atoms with Gasteiger partial charge in [0.2, 0.25) is 0 Å². The number of pyridine rings is 2. The van der Waals surface area contributed by atoms with Gasteiger partial charge in [0.1, 0.15) is 5.75 Å². The molecule has 0 aliphatic carbocycles. The highest BCUT2D eigenvalue weighted by atomic mass is 19.4. The van der Waals surface area contributed by atoms with E-state index in [1.165, 1.54) is 18.2 Å². The number of hydrogen-bond acceptors (Lipinski definition) is 3. The summed E-state index contributed by atoms with van der Waals surface area (Å²) in [6, 6.07) is 9.71. The van der Waals surface area contributed by atoms with Gasteiger partial charge in [-0.3, -0.25) is 9.97 Å². The Kier molecular flexibility index (Phi) is 6.12. The van der Waals surface area contributed by atoms with Gasteiger partial charge in [0.15, 0.2) is 6.61 Å². The number of nitrogens with zero attached hydrogens (tertiary/aromatic N) is 2. The van der Waals surface area contributed by atoms with Gasteiger partial charge in [-0.15, -0.1) is 0 Å². The number of benzene rings is 1. The molecule has 32 heavy (non-hydrogen) atoms. The van der Waals surface area contributed by atoms with E-state index in [0.29, 0.717) is 28.1 Å². The molecule has 0 aliphatic rings. The van der Waals surface area contributed by atoms with E-state index in [1.807, 2.05) is 0 Å². The first-order valence-corrected chi connectivity index (χ1v) is 8.96. The predicted octanol–water partition coefficient (Wildman–Crippen LogP) is 6.71. The molecule has 0 bridgehead atoms. The molecule has 0 saturated heterocycles. The number of alkyl halides is 8. The molecule has 0 saturated carbocycles. The number of aromatic nitrogens is 2. The number of halogens is 8. The second-order valence-electron chi connectivity index (χ2n) is 6.83. The maximum absolute atomic E-state index is 12.9. The van der Waals surface area contributed by atoms with Crippen LogP contribution in [0.4, 0.5) is 35.1 Å². The fraction of sp³-hybridized carbons (Fsp3) is 0.238. The maximum atomic E-state index is 12.9. The van der Waals surface area contributed by atoms with Crippen LogP contribution in [0.2, 0.25) is 0 Å². The van der Waals surface area contributed by atoms with Gasteiger partial charge in [-0.25, -0.2) is 0 Å². The lowest BCUT2D eigenvalue weighted by Gasteiger charge is -2.19. The number of aryl methyl sites for hydroxylation is 1. The van der Waals surface area contributed by atoms with E-state index in [0.717, 1.165) is 18.5 Å². The van der Waals surface area contributed by atoms with E-state index in [-0.39, 0.29) is 5.75 Å². The summed E-state index contributed by atoms with van der Waals surface area (Å²) in [7, 11) is 0. The van der Waals surface area contributed by atoms with E-state index in [4.69, 9.17) is 0 Å². The first-order chi connectivity index (χ1) is 14.8. The molecule has 0 N–H and O–H groups in total. The molecule has 2 aromatic heterocycles. The minimum absolute atomic E-state index is 0.263. The van der Waals surface area contributed by atoms with Gasteiger partial charge in [0.05, 0.1) is 23.1 Å². The van der Waals surface area contributed by atoms with Crippen LogP contribution < -0.4 is 4.74 Å². The Balaban J connectivity index is 1.75. The molecule has 3 nitrogen and oxygen atoms in total. The molecule has 1 aromatic carbocycles. The fourth-order valence-corrected chi connectivity index (χ4v) is 2.72. The molecule has 2 heterocycles. The minimum atomic E-state index is -5.72. The summed E-state index contributed by atoms with van der Waals surface area (Å²) in [5, 5.41) is 0.